The van der Waals surface area contributed by atoms with E-state index in [1.165, 1.54) is 50.5 Å². The lowest BCUT2D eigenvalue weighted by atomic mass is 9.59. The van der Waals surface area contributed by atoms with Crippen molar-refractivity contribution < 1.29 is 4.74 Å². The third-order valence-corrected chi connectivity index (χ3v) is 8.29. The maximum Gasteiger partial charge on any atom is 0.0693 e. The fourth-order valence-corrected chi connectivity index (χ4v) is 6.97. The number of rotatable bonds is 1. The van der Waals surface area contributed by atoms with Crippen LogP contribution in [0, 0.1) is 28.6 Å². The molecule has 0 spiro atoms. The number of ether oxygens (including phenoxy) is 1. The largest absolute Gasteiger partial charge is 0.371 e. The first-order valence-electron chi connectivity index (χ1n) is 9.12. The molecular weight excluding hydrogens is 256 g/mol. The lowest BCUT2D eigenvalue weighted by Gasteiger charge is -2.43. The minimum Gasteiger partial charge on any atom is -0.371 e. The first-order valence-corrected chi connectivity index (χ1v) is 9.12. The van der Waals surface area contributed by atoms with Gasteiger partial charge in [0.25, 0.3) is 0 Å². The van der Waals surface area contributed by atoms with Gasteiger partial charge in [-0.3, -0.25) is 0 Å². The standard InChI is InChI=1S/C20H32O/c1-13(2)14-6-9-18(3)12-16-19(4,10-7-15(14)18)17-8-11-20(16,5)21-17/h14-17H,1,6-12H2,2-5H3/t14-,15+,16+,17-,18-,19+,20+/m1/s1. The summed E-state index contributed by atoms with van der Waals surface area (Å²) in [6.07, 6.45) is 10.1. The van der Waals surface area contributed by atoms with Crippen molar-refractivity contribution in [3.63, 3.8) is 0 Å². The van der Waals surface area contributed by atoms with Gasteiger partial charge in [-0.05, 0) is 87.4 Å². The molecule has 4 fully saturated rings. The third-order valence-electron chi connectivity index (χ3n) is 8.29. The molecule has 1 nitrogen and oxygen atoms in total. The number of allylic oxidation sites excluding steroid dienone is 1. The maximum atomic E-state index is 6.52. The summed E-state index contributed by atoms with van der Waals surface area (Å²) in [5.74, 6) is 2.44. The Morgan fingerprint density at radius 1 is 1.05 bits per heavy atom. The maximum absolute atomic E-state index is 6.52. The van der Waals surface area contributed by atoms with Crippen molar-refractivity contribution in [1.29, 1.82) is 0 Å². The van der Waals surface area contributed by atoms with E-state index in [9.17, 15) is 0 Å². The molecule has 4 rings (SSSR count). The number of hydrogen-bond donors (Lipinski definition) is 0. The smallest absolute Gasteiger partial charge is 0.0693 e. The molecular formula is C20H32O. The minimum atomic E-state index is 0.179. The van der Waals surface area contributed by atoms with Crippen molar-refractivity contribution in [1.82, 2.24) is 0 Å². The first-order chi connectivity index (χ1) is 9.79. The van der Waals surface area contributed by atoms with E-state index in [0.717, 1.165) is 17.8 Å². The number of fused-ring (bicyclic) bond motifs is 6. The van der Waals surface area contributed by atoms with Crippen LogP contribution in [0.4, 0.5) is 0 Å². The van der Waals surface area contributed by atoms with Crippen LogP contribution in [0.5, 0.6) is 0 Å². The zero-order valence-corrected chi connectivity index (χ0v) is 14.4. The van der Waals surface area contributed by atoms with Crippen LogP contribution in [0.1, 0.15) is 72.6 Å². The Hall–Kier alpha value is -0.300. The summed E-state index contributed by atoms with van der Waals surface area (Å²) in [6, 6.07) is 0. The predicted octanol–water partition coefficient (Wildman–Crippen LogP) is 5.35. The van der Waals surface area contributed by atoms with E-state index in [-0.39, 0.29) is 5.60 Å². The zero-order valence-electron chi connectivity index (χ0n) is 14.4. The predicted molar refractivity (Wildman–Crippen MR) is 87.1 cm³/mol. The van der Waals surface area contributed by atoms with Gasteiger partial charge < -0.3 is 4.74 Å². The van der Waals surface area contributed by atoms with Gasteiger partial charge in [0.15, 0.2) is 0 Å². The summed E-state index contributed by atoms with van der Waals surface area (Å²) in [7, 11) is 0. The summed E-state index contributed by atoms with van der Waals surface area (Å²) in [6.45, 7) is 14.1. The molecule has 21 heavy (non-hydrogen) atoms. The van der Waals surface area contributed by atoms with Gasteiger partial charge in [0.2, 0.25) is 0 Å². The molecule has 2 aliphatic carbocycles. The SMILES string of the molecule is C=C(C)[C@H]1CC[C@]2(C)C[C@H]3[C@](C)(CC[C@@H]12)[C@H]1CC[C@]3(C)O1. The van der Waals surface area contributed by atoms with Crippen LogP contribution in [0.15, 0.2) is 12.2 Å². The summed E-state index contributed by atoms with van der Waals surface area (Å²) < 4.78 is 6.52. The minimum absolute atomic E-state index is 0.179. The van der Waals surface area contributed by atoms with Gasteiger partial charge in [0.05, 0.1) is 11.7 Å². The quantitative estimate of drug-likeness (QED) is 0.591. The van der Waals surface area contributed by atoms with Crippen LogP contribution in [0.3, 0.4) is 0 Å². The molecule has 2 saturated carbocycles. The van der Waals surface area contributed by atoms with E-state index in [0.29, 0.717) is 16.9 Å². The molecule has 0 radical (unpaired) electrons. The highest BCUT2D eigenvalue weighted by Crippen LogP contribution is 2.68. The molecule has 0 unspecified atom stereocenters. The molecule has 0 N–H and O–H groups in total. The lowest BCUT2D eigenvalue weighted by molar-refractivity contribution is -0.00822. The van der Waals surface area contributed by atoms with Gasteiger partial charge in [0, 0.05) is 0 Å². The summed E-state index contributed by atoms with van der Waals surface area (Å²) in [4.78, 5) is 0. The molecule has 2 saturated heterocycles. The molecule has 2 heterocycles. The first kappa shape index (κ1) is 14.3. The van der Waals surface area contributed by atoms with Gasteiger partial charge in [-0.25, -0.2) is 0 Å². The molecule has 1 heteroatoms. The molecule has 4 aliphatic rings. The lowest BCUT2D eigenvalue weighted by Crippen LogP contribution is -2.43. The van der Waals surface area contributed by atoms with Gasteiger partial charge in [-0.15, -0.1) is 0 Å². The third kappa shape index (κ3) is 1.73. The second kappa shape index (κ2) is 4.16. The monoisotopic (exact) mass is 288 g/mol. The molecule has 2 bridgehead atoms. The van der Waals surface area contributed by atoms with E-state index in [2.05, 4.69) is 34.3 Å². The molecule has 2 aliphatic heterocycles. The Balaban J connectivity index is 1.70. The van der Waals surface area contributed by atoms with E-state index in [1.54, 1.807) is 0 Å². The second-order valence-corrected chi connectivity index (χ2v) is 9.51. The molecule has 0 aromatic carbocycles. The summed E-state index contributed by atoms with van der Waals surface area (Å²) in [5, 5.41) is 0. The van der Waals surface area contributed by atoms with Gasteiger partial charge in [-0.2, -0.15) is 0 Å². The van der Waals surface area contributed by atoms with Gasteiger partial charge in [0.1, 0.15) is 0 Å². The van der Waals surface area contributed by atoms with Crippen molar-refractivity contribution in [2.45, 2.75) is 84.3 Å². The average molecular weight is 288 g/mol. The van der Waals surface area contributed by atoms with Crippen molar-refractivity contribution >= 4 is 0 Å². The highest BCUT2D eigenvalue weighted by Gasteiger charge is 2.66. The summed E-state index contributed by atoms with van der Waals surface area (Å²) in [5.41, 5.74) is 2.59. The van der Waals surface area contributed by atoms with Crippen LogP contribution in [0.25, 0.3) is 0 Å². The van der Waals surface area contributed by atoms with Crippen LogP contribution in [0.2, 0.25) is 0 Å². The fourth-order valence-electron chi connectivity index (χ4n) is 6.97. The van der Waals surface area contributed by atoms with Crippen molar-refractivity contribution in [2.75, 3.05) is 0 Å². The number of hydrogen-bond acceptors (Lipinski definition) is 1. The Morgan fingerprint density at radius 3 is 2.52 bits per heavy atom. The highest BCUT2D eigenvalue weighted by molar-refractivity contribution is 5.16. The highest BCUT2D eigenvalue weighted by atomic mass is 16.5. The average Bonchev–Trinajstić information content (AvgIpc) is 2.98. The van der Waals surface area contributed by atoms with E-state index < -0.39 is 0 Å². The van der Waals surface area contributed by atoms with E-state index in [1.807, 2.05) is 0 Å². The molecule has 0 aromatic heterocycles. The van der Waals surface area contributed by atoms with E-state index in [4.69, 9.17) is 4.74 Å². The Labute approximate surface area is 130 Å². The van der Waals surface area contributed by atoms with Crippen molar-refractivity contribution in [2.24, 2.45) is 28.6 Å². The van der Waals surface area contributed by atoms with Gasteiger partial charge >= 0.3 is 0 Å². The van der Waals surface area contributed by atoms with Crippen LogP contribution < -0.4 is 0 Å². The summed E-state index contributed by atoms with van der Waals surface area (Å²) >= 11 is 0. The van der Waals surface area contributed by atoms with Crippen molar-refractivity contribution in [3.8, 4) is 0 Å². The van der Waals surface area contributed by atoms with Crippen LogP contribution in [-0.2, 0) is 4.74 Å². The zero-order chi connectivity index (χ0) is 15.0. The normalized spacial score (nSPS) is 58.7. The van der Waals surface area contributed by atoms with Crippen LogP contribution >= 0.6 is 0 Å². The molecule has 7 atom stereocenters. The fraction of sp³-hybridized carbons (Fsp3) is 0.900. The molecule has 118 valence electrons. The van der Waals surface area contributed by atoms with Gasteiger partial charge in [-0.1, -0.05) is 26.0 Å². The van der Waals surface area contributed by atoms with Crippen LogP contribution in [-0.4, -0.2) is 11.7 Å². The van der Waals surface area contributed by atoms with E-state index >= 15 is 0 Å². The topological polar surface area (TPSA) is 9.23 Å². The van der Waals surface area contributed by atoms with Crippen molar-refractivity contribution in [3.05, 3.63) is 12.2 Å². The molecule has 0 aromatic rings. The Morgan fingerprint density at radius 2 is 1.81 bits per heavy atom. The Kier molecular flexibility index (Phi) is 2.83. The second-order valence-electron chi connectivity index (χ2n) is 9.51. The molecule has 0 amide bonds. The Bertz CT molecular complexity index is 482.